The van der Waals surface area contributed by atoms with Crippen LogP contribution < -0.4 is 18.9 Å². The molecule has 10 rings (SSSR count). The van der Waals surface area contributed by atoms with E-state index in [1.54, 1.807) is 47.0 Å². The summed E-state index contributed by atoms with van der Waals surface area (Å²) >= 11 is 9.12. The molecular weight excluding hydrogens is 1010 g/mol. The number of aromatic nitrogens is 4. The molecule has 0 amide bonds. The van der Waals surface area contributed by atoms with Gasteiger partial charge in [0.25, 0.3) is 0 Å². The lowest BCUT2D eigenvalue weighted by Crippen LogP contribution is -1.95. The predicted octanol–water partition coefficient (Wildman–Crippen LogP) is 20.0. The average Bonchev–Trinajstić information content (AvgIpc) is 4.26. The molecule has 0 N–H and O–H groups in total. The number of hydrogen-bond donors (Lipinski definition) is 0. The standard InChI is InChI=1S/C58H60N4O4S6/c1-5-9-13-17-37-21-29-41(30-22-37)63-49-45-46(60-71-59-45)50(64-42-31-23-38(24-32-42)18-14-10-6-2)54-53(49)67-57(68-54)58-69-55-51(65-43-33-25-39(26-34-43)19-15-11-7-3)47-48(62-72-61-47)52(56(55)70-58)66-44-35-27-40(28-36-44)20-16-12-8-4/h21-36H,5-20H2,1-4H3. The van der Waals surface area contributed by atoms with E-state index < -0.39 is 0 Å². The van der Waals surface area contributed by atoms with Crippen LogP contribution >= 0.6 is 70.5 Å². The molecule has 0 bridgehead atoms. The van der Waals surface area contributed by atoms with Gasteiger partial charge in [-0.25, -0.2) is 0 Å². The zero-order chi connectivity index (χ0) is 49.2. The molecule has 0 atom stereocenters. The van der Waals surface area contributed by atoms with E-state index in [0.717, 1.165) is 76.7 Å². The van der Waals surface area contributed by atoms with E-state index in [9.17, 15) is 0 Å². The highest BCUT2D eigenvalue weighted by molar-refractivity contribution is 8.30. The molecular formula is C58H60N4O4S6. The van der Waals surface area contributed by atoms with Gasteiger partial charge in [0, 0.05) is 0 Å². The zero-order valence-electron chi connectivity index (χ0n) is 41.4. The lowest BCUT2D eigenvalue weighted by molar-refractivity contribution is 0.455. The molecule has 0 spiro atoms. The van der Waals surface area contributed by atoms with Crippen LogP contribution in [0.25, 0.3) is 22.1 Å². The molecule has 0 aliphatic carbocycles. The van der Waals surface area contributed by atoms with Crippen LogP contribution in [0.3, 0.4) is 0 Å². The molecule has 0 saturated carbocycles. The van der Waals surface area contributed by atoms with Gasteiger partial charge in [0.15, 0.2) is 45.1 Å². The molecule has 0 saturated heterocycles. The van der Waals surface area contributed by atoms with Crippen molar-refractivity contribution in [2.75, 3.05) is 0 Å². The maximum atomic E-state index is 6.92. The van der Waals surface area contributed by atoms with Crippen molar-refractivity contribution in [2.45, 2.75) is 150 Å². The molecule has 0 fully saturated rings. The van der Waals surface area contributed by atoms with E-state index in [1.165, 1.54) is 123 Å². The third kappa shape index (κ3) is 11.8. The molecule has 2 aliphatic rings. The fourth-order valence-corrected chi connectivity index (χ4v) is 15.5. The van der Waals surface area contributed by atoms with Gasteiger partial charge in [0.1, 0.15) is 23.0 Å². The highest BCUT2D eigenvalue weighted by Crippen LogP contribution is 2.69. The van der Waals surface area contributed by atoms with E-state index in [0.29, 0.717) is 45.1 Å². The third-order valence-corrected chi connectivity index (χ3v) is 19.6. The van der Waals surface area contributed by atoms with E-state index in [-0.39, 0.29) is 0 Å². The molecule has 2 aromatic heterocycles. The summed E-state index contributed by atoms with van der Waals surface area (Å²) in [7, 11) is 0. The zero-order valence-corrected chi connectivity index (χ0v) is 46.3. The fourth-order valence-electron chi connectivity index (χ4n) is 8.83. The monoisotopic (exact) mass is 1070 g/mol. The van der Waals surface area contributed by atoms with Crippen molar-refractivity contribution in [3.63, 3.8) is 0 Å². The second-order valence-corrected chi connectivity index (χ2v) is 24.0. The van der Waals surface area contributed by atoms with E-state index in [4.69, 9.17) is 36.4 Å². The molecule has 4 heterocycles. The van der Waals surface area contributed by atoms with Crippen LogP contribution in [-0.2, 0) is 25.7 Å². The summed E-state index contributed by atoms with van der Waals surface area (Å²) in [6.45, 7) is 8.97. The van der Waals surface area contributed by atoms with E-state index in [1.807, 2.05) is 0 Å². The van der Waals surface area contributed by atoms with Gasteiger partial charge in [-0.05, 0) is 122 Å². The van der Waals surface area contributed by atoms with Crippen molar-refractivity contribution in [3.05, 3.63) is 128 Å². The topological polar surface area (TPSA) is 88.5 Å². The minimum atomic E-state index is 0.683. The first-order valence-corrected chi connectivity index (χ1v) is 30.4. The van der Waals surface area contributed by atoms with Gasteiger partial charge in [-0.3, -0.25) is 0 Å². The maximum Gasteiger partial charge on any atom is 0.171 e. The summed E-state index contributed by atoms with van der Waals surface area (Å²) in [5.74, 6) is 5.76. The molecule has 372 valence electrons. The van der Waals surface area contributed by atoms with E-state index in [2.05, 4.69) is 125 Å². The Kier molecular flexibility index (Phi) is 17.3. The first kappa shape index (κ1) is 50.8. The van der Waals surface area contributed by atoms with Crippen LogP contribution in [0.4, 0.5) is 0 Å². The Balaban J connectivity index is 1.03. The minimum absolute atomic E-state index is 0.683. The number of rotatable bonds is 24. The fraction of sp³-hybridized carbons (Fsp3) is 0.345. The van der Waals surface area contributed by atoms with Gasteiger partial charge in [0.05, 0.1) is 51.5 Å². The first-order valence-electron chi connectivity index (χ1n) is 25.7. The molecule has 8 aromatic rings. The van der Waals surface area contributed by atoms with Crippen LogP contribution in [0, 0.1) is 0 Å². The molecule has 72 heavy (non-hydrogen) atoms. The lowest BCUT2D eigenvalue weighted by atomic mass is 10.1. The van der Waals surface area contributed by atoms with Crippen LogP contribution in [0.5, 0.6) is 46.0 Å². The SMILES string of the molecule is CCCCCc1ccc(Oc2c3c(c(Oc4ccc(CCCCC)cc4)c4nsnc24)SC(=C2Sc4c(c(Oc5ccc(CCCCC)cc5)c5nsnc5c4Oc4ccc(CCCCC)cc4)S2)S3)cc1. The van der Waals surface area contributed by atoms with Crippen molar-refractivity contribution in [3.8, 4) is 46.0 Å². The van der Waals surface area contributed by atoms with Crippen molar-refractivity contribution < 1.29 is 18.9 Å². The average molecular weight is 1070 g/mol. The Labute approximate surface area is 449 Å². The van der Waals surface area contributed by atoms with Crippen molar-refractivity contribution in [1.29, 1.82) is 0 Å². The number of aryl methyl sites for hydroxylation is 4. The van der Waals surface area contributed by atoms with Crippen LogP contribution in [0.1, 0.15) is 127 Å². The Hall–Kier alpha value is -4.70. The summed E-state index contributed by atoms with van der Waals surface area (Å²) in [6, 6.07) is 34.1. The number of hydrogen-bond acceptors (Lipinski definition) is 14. The van der Waals surface area contributed by atoms with Gasteiger partial charge in [-0.2, -0.15) is 17.5 Å². The predicted molar refractivity (Wildman–Crippen MR) is 304 cm³/mol. The number of nitrogens with zero attached hydrogens (tertiary/aromatic N) is 4. The van der Waals surface area contributed by atoms with Crippen LogP contribution in [0.15, 0.2) is 125 Å². The second kappa shape index (κ2) is 24.6. The second-order valence-electron chi connectivity index (χ2n) is 18.4. The summed E-state index contributed by atoms with van der Waals surface area (Å²) in [5.41, 5.74) is 7.97. The largest absolute Gasteiger partial charge is 0.454 e. The Bertz CT molecular complexity index is 2720. The van der Waals surface area contributed by atoms with Crippen molar-refractivity contribution >= 4 is 92.6 Å². The van der Waals surface area contributed by atoms with Gasteiger partial charge in [0.2, 0.25) is 0 Å². The number of unbranched alkanes of at least 4 members (excludes halogenated alkanes) is 8. The minimum Gasteiger partial charge on any atom is -0.454 e. The number of benzene rings is 6. The van der Waals surface area contributed by atoms with Gasteiger partial charge >= 0.3 is 0 Å². The quantitative estimate of drug-likeness (QED) is 0.0540. The number of thioether (sulfide) groups is 4. The third-order valence-electron chi connectivity index (χ3n) is 12.9. The molecule has 14 heteroatoms. The van der Waals surface area contributed by atoms with Crippen molar-refractivity contribution in [2.24, 2.45) is 0 Å². The normalized spacial score (nSPS) is 13.1. The smallest absolute Gasteiger partial charge is 0.171 e. The summed E-state index contributed by atoms with van der Waals surface area (Å²) in [5, 5.41) is 0. The lowest BCUT2D eigenvalue weighted by Gasteiger charge is -2.15. The van der Waals surface area contributed by atoms with E-state index >= 15 is 0 Å². The summed E-state index contributed by atoms with van der Waals surface area (Å²) in [6.07, 6.45) is 18.6. The highest BCUT2D eigenvalue weighted by Gasteiger charge is 2.39. The summed E-state index contributed by atoms with van der Waals surface area (Å²) < 4.78 is 49.4. The Morgan fingerprint density at radius 2 is 0.528 bits per heavy atom. The van der Waals surface area contributed by atoms with Gasteiger partial charge in [-0.15, -0.1) is 0 Å². The molecule has 6 aromatic carbocycles. The number of fused-ring (bicyclic) bond motifs is 4. The molecule has 0 radical (unpaired) electrons. The first-order chi connectivity index (χ1) is 35.5. The number of ether oxygens (including phenoxy) is 4. The van der Waals surface area contributed by atoms with Crippen LogP contribution in [-0.4, -0.2) is 17.5 Å². The van der Waals surface area contributed by atoms with Gasteiger partial charge < -0.3 is 18.9 Å². The maximum absolute atomic E-state index is 6.92. The summed E-state index contributed by atoms with van der Waals surface area (Å²) in [4.78, 5) is 3.81. The molecule has 0 unspecified atom stereocenters. The molecule has 8 nitrogen and oxygen atoms in total. The van der Waals surface area contributed by atoms with Gasteiger partial charge in [-0.1, -0.05) is 175 Å². The van der Waals surface area contributed by atoms with Crippen molar-refractivity contribution in [1.82, 2.24) is 17.5 Å². The Morgan fingerprint density at radius 1 is 0.306 bits per heavy atom. The Morgan fingerprint density at radius 3 is 0.736 bits per heavy atom. The highest BCUT2D eigenvalue weighted by atomic mass is 32.2. The van der Waals surface area contributed by atoms with Crippen LogP contribution in [0.2, 0.25) is 0 Å². The molecule has 2 aliphatic heterocycles.